The van der Waals surface area contributed by atoms with Gasteiger partial charge in [0.1, 0.15) is 5.82 Å². The van der Waals surface area contributed by atoms with Gasteiger partial charge in [-0.25, -0.2) is 4.98 Å². The molecule has 2 unspecified atom stereocenters. The van der Waals surface area contributed by atoms with Crippen LogP contribution in [0.15, 0.2) is 48.5 Å². The zero-order valence-corrected chi connectivity index (χ0v) is 15.5. The molecule has 3 heteroatoms. The molecule has 2 aromatic carbocycles. The van der Waals surface area contributed by atoms with E-state index in [0.29, 0.717) is 0 Å². The maximum absolute atomic E-state index is 4.80. The summed E-state index contributed by atoms with van der Waals surface area (Å²) in [5.74, 6) is 1.96. The summed E-state index contributed by atoms with van der Waals surface area (Å²) in [6.07, 6.45) is 6.63. The second-order valence-electron chi connectivity index (χ2n) is 8.29. The number of H-pyrrole nitrogens is 1. The van der Waals surface area contributed by atoms with E-state index in [-0.39, 0.29) is 0 Å². The number of nitrogens with zero attached hydrogens (tertiary/aromatic N) is 2. The van der Waals surface area contributed by atoms with Crippen LogP contribution >= 0.6 is 0 Å². The van der Waals surface area contributed by atoms with Crippen LogP contribution in [0.2, 0.25) is 0 Å². The molecular formula is C23H27N3. The maximum Gasteiger partial charge on any atom is 0.121 e. The number of benzene rings is 2. The zero-order chi connectivity index (χ0) is 17.5. The Hall–Kier alpha value is -2.13. The van der Waals surface area contributed by atoms with E-state index in [1.165, 1.54) is 43.2 Å². The van der Waals surface area contributed by atoms with Crippen molar-refractivity contribution in [1.82, 2.24) is 14.9 Å². The fraction of sp³-hybridized carbons (Fsp3) is 0.435. The van der Waals surface area contributed by atoms with E-state index in [1.54, 1.807) is 0 Å². The molecule has 2 saturated heterocycles. The summed E-state index contributed by atoms with van der Waals surface area (Å²) < 4.78 is 0. The molecule has 3 nitrogen and oxygen atoms in total. The highest BCUT2D eigenvalue weighted by molar-refractivity contribution is 5.74. The van der Waals surface area contributed by atoms with Crippen LogP contribution < -0.4 is 0 Å². The lowest BCUT2D eigenvalue weighted by molar-refractivity contribution is 0.0937. The molecule has 0 saturated carbocycles. The molecule has 2 fully saturated rings. The Balaban J connectivity index is 1.28. The van der Waals surface area contributed by atoms with Gasteiger partial charge < -0.3 is 4.98 Å². The van der Waals surface area contributed by atoms with Gasteiger partial charge in [-0.15, -0.1) is 0 Å². The molecule has 0 spiro atoms. The largest absolute Gasteiger partial charge is 0.341 e. The van der Waals surface area contributed by atoms with E-state index in [4.69, 9.17) is 4.98 Å². The normalized spacial score (nSPS) is 25.8. The van der Waals surface area contributed by atoms with Gasteiger partial charge in [-0.1, -0.05) is 42.0 Å². The molecule has 1 N–H and O–H groups in total. The smallest absolute Gasteiger partial charge is 0.121 e. The SMILES string of the molecule is Cc1cccc(CC2CC3CCC(C2)N3Cc2nc3ccccc3[nH]2)c1. The highest BCUT2D eigenvalue weighted by Gasteiger charge is 2.40. The van der Waals surface area contributed by atoms with Crippen LogP contribution in [0.3, 0.4) is 0 Å². The third kappa shape index (κ3) is 3.05. The summed E-state index contributed by atoms with van der Waals surface area (Å²) in [6.45, 7) is 3.17. The number of imidazole rings is 1. The standard InChI is InChI=1S/C23H27N3/c1-16-5-4-6-17(11-16)12-18-13-19-9-10-20(14-18)26(19)15-23-24-21-7-2-3-8-22(21)25-23/h2-8,11,18-20H,9-10,12-15H2,1H3,(H,24,25). The van der Waals surface area contributed by atoms with E-state index in [1.807, 2.05) is 0 Å². The van der Waals surface area contributed by atoms with Gasteiger partial charge in [0.15, 0.2) is 0 Å². The van der Waals surface area contributed by atoms with Gasteiger partial charge in [0.2, 0.25) is 0 Å². The molecule has 26 heavy (non-hydrogen) atoms. The molecule has 2 atom stereocenters. The van der Waals surface area contributed by atoms with Crippen molar-refractivity contribution in [1.29, 1.82) is 0 Å². The lowest BCUT2D eigenvalue weighted by Crippen LogP contribution is -2.42. The number of aromatic amines is 1. The Bertz CT molecular complexity index is 865. The van der Waals surface area contributed by atoms with Gasteiger partial charge in [0.25, 0.3) is 0 Å². The van der Waals surface area contributed by atoms with Crippen molar-refractivity contribution < 1.29 is 0 Å². The van der Waals surface area contributed by atoms with Crippen LogP contribution in [0.4, 0.5) is 0 Å². The minimum atomic E-state index is 0.733. The number of piperidine rings is 1. The minimum absolute atomic E-state index is 0.733. The highest BCUT2D eigenvalue weighted by Crippen LogP contribution is 2.40. The van der Waals surface area contributed by atoms with Crippen LogP contribution in [0.1, 0.15) is 42.6 Å². The summed E-state index contributed by atoms with van der Waals surface area (Å²) in [4.78, 5) is 11.0. The van der Waals surface area contributed by atoms with E-state index in [0.717, 1.165) is 41.4 Å². The van der Waals surface area contributed by atoms with Crippen molar-refractivity contribution in [2.24, 2.45) is 5.92 Å². The van der Waals surface area contributed by atoms with Gasteiger partial charge in [-0.05, 0) is 62.6 Å². The van der Waals surface area contributed by atoms with Crippen LogP contribution in [-0.2, 0) is 13.0 Å². The topological polar surface area (TPSA) is 31.9 Å². The lowest BCUT2D eigenvalue weighted by atomic mass is 9.85. The Morgan fingerprint density at radius 2 is 1.85 bits per heavy atom. The van der Waals surface area contributed by atoms with Gasteiger partial charge in [0, 0.05) is 12.1 Å². The average molecular weight is 345 g/mol. The molecule has 2 bridgehead atoms. The number of rotatable bonds is 4. The Labute approximate surface area is 155 Å². The van der Waals surface area contributed by atoms with Gasteiger partial charge in [0.05, 0.1) is 17.6 Å². The average Bonchev–Trinajstić information content (AvgIpc) is 3.13. The van der Waals surface area contributed by atoms with Crippen LogP contribution in [-0.4, -0.2) is 27.0 Å². The first-order valence-corrected chi connectivity index (χ1v) is 9.99. The van der Waals surface area contributed by atoms with E-state index in [2.05, 4.69) is 65.3 Å². The van der Waals surface area contributed by atoms with Crippen LogP contribution in [0.25, 0.3) is 11.0 Å². The number of para-hydroxylation sites is 2. The van der Waals surface area contributed by atoms with Crippen molar-refractivity contribution in [3.63, 3.8) is 0 Å². The van der Waals surface area contributed by atoms with Crippen molar-refractivity contribution >= 4 is 11.0 Å². The summed E-state index contributed by atoms with van der Waals surface area (Å²) in [5.41, 5.74) is 5.14. The van der Waals surface area contributed by atoms with E-state index >= 15 is 0 Å². The molecular weight excluding hydrogens is 318 g/mol. The Morgan fingerprint density at radius 3 is 2.62 bits per heavy atom. The molecule has 0 aliphatic carbocycles. The molecule has 134 valence electrons. The van der Waals surface area contributed by atoms with Crippen molar-refractivity contribution in [3.05, 3.63) is 65.5 Å². The van der Waals surface area contributed by atoms with Crippen LogP contribution in [0, 0.1) is 12.8 Å². The van der Waals surface area contributed by atoms with Crippen molar-refractivity contribution in [2.75, 3.05) is 0 Å². The summed E-state index contributed by atoms with van der Waals surface area (Å²) >= 11 is 0. The quantitative estimate of drug-likeness (QED) is 0.732. The number of hydrogen-bond acceptors (Lipinski definition) is 2. The summed E-state index contributed by atoms with van der Waals surface area (Å²) in [6, 6.07) is 18.9. The van der Waals surface area contributed by atoms with Gasteiger partial charge >= 0.3 is 0 Å². The summed E-state index contributed by atoms with van der Waals surface area (Å²) in [7, 11) is 0. The maximum atomic E-state index is 4.80. The molecule has 3 heterocycles. The second-order valence-corrected chi connectivity index (χ2v) is 8.29. The fourth-order valence-electron chi connectivity index (χ4n) is 5.24. The number of hydrogen-bond donors (Lipinski definition) is 1. The minimum Gasteiger partial charge on any atom is -0.341 e. The molecule has 3 aromatic rings. The molecule has 2 aliphatic heterocycles. The Morgan fingerprint density at radius 1 is 1.04 bits per heavy atom. The van der Waals surface area contributed by atoms with Crippen molar-refractivity contribution in [3.8, 4) is 0 Å². The molecule has 5 rings (SSSR count). The Kier molecular flexibility index (Phi) is 4.05. The highest BCUT2D eigenvalue weighted by atomic mass is 15.2. The molecule has 2 aliphatic rings. The van der Waals surface area contributed by atoms with E-state index in [9.17, 15) is 0 Å². The fourth-order valence-corrected chi connectivity index (χ4v) is 5.24. The zero-order valence-electron chi connectivity index (χ0n) is 15.5. The second kappa shape index (κ2) is 6.55. The first-order chi connectivity index (χ1) is 12.7. The van der Waals surface area contributed by atoms with Crippen LogP contribution in [0.5, 0.6) is 0 Å². The van der Waals surface area contributed by atoms with Gasteiger partial charge in [-0.2, -0.15) is 0 Å². The van der Waals surface area contributed by atoms with Gasteiger partial charge in [-0.3, -0.25) is 4.90 Å². The predicted molar refractivity (Wildman–Crippen MR) is 106 cm³/mol. The predicted octanol–water partition coefficient (Wildman–Crippen LogP) is 4.86. The lowest BCUT2D eigenvalue weighted by Gasteiger charge is -2.38. The van der Waals surface area contributed by atoms with Crippen molar-refractivity contribution in [2.45, 2.75) is 57.7 Å². The number of fused-ring (bicyclic) bond motifs is 3. The third-order valence-electron chi connectivity index (χ3n) is 6.36. The first kappa shape index (κ1) is 16.1. The third-order valence-corrected chi connectivity index (χ3v) is 6.36. The monoisotopic (exact) mass is 345 g/mol. The summed E-state index contributed by atoms with van der Waals surface area (Å²) in [5, 5.41) is 0. The number of nitrogens with one attached hydrogen (secondary N) is 1. The van der Waals surface area contributed by atoms with E-state index < -0.39 is 0 Å². The number of aromatic nitrogens is 2. The molecule has 0 radical (unpaired) electrons. The number of aryl methyl sites for hydroxylation is 1. The first-order valence-electron chi connectivity index (χ1n) is 9.99. The molecule has 0 amide bonds. The molecule has 1 aromatic heterocycles.